The molecule has 2 aromatic carbocycles. The van der Waals surface area contributed by atoms with Crippen molar-refractivity contribution >= 4 is 9.84 Å². The van der Waals surface area contributed by atoms with Crippen LogP contribution in [-0.4, -0.2) is 8.42 Å². The van der Waals surface area contributed by atoms with Crippen molar-refractivity contribution in [2.75, 3.05) is 0 Å². The summed E-state index contributed by atoms with van der Waals surface area (Å²) >= 11 is 0. The number of halogens is 4. The SMILES string of the molecule is O=S(=O)(Cc1ccccc1)c1ccc(F)c(C(F)(F)F)c1. The van der Waals surface area contributed by atoms with Crippen LogP contribution in [0.3, 0.4) is 0 Å². The van der Waals surface area contributed by atoms with Crippen molar-refractivity contribution in [3.05, 3.63) is 65.5 Å². The molecule has 7 heteroatoms. The number of hydrogen-bond donors (Lipinski definition) is 0. The molecule has 0 unspecified atom stereocenters. The Morgan fingerprint density at radius 3 is 2.14 bits per heavy atom. The Morgan fingerprint density at radius 1 is 0.952 bits per heavy atom. The van der Waals surface area contributed by atoms with Crippen LogP contribution in [-0.2, 0) is 21.8 Å². The quantitative estimate of drug-likeness (QED) is 0.637. The number of sulfone groups is 1. The lowest BCUT2D eigenvalue weighted by atomic mass is 10.2. The first-order chi connectivity index (χ1) is 9.70. The van der Waals surface area contributed by atoms with Crippen LogP contribution in [0.1, 0.15) is 11.1 Å². The normalized spacial score (nSPS) is 12.4. The van der Waals surface area contributed by atoms with Gasteiger partial charge >= 0.3 is 6.18 Å². The van der Waals surface area contributed by atoms with Crippen molar-refractivity contribution < 1.29 is 26.0 Å². The van der Waals surface area contributed by atoms with Crippen molar-refractivity contribution in [1.82, 2.24) is 0 Å². The second kappa shape index (κ2) is 5.48. The Balaban J connectivity index is 2.42. The van der Waals surface area contributed by atoms with Crippen LogP contribution in [0.4, 0.5) is 17.6 Å². The Morgan fingerprint density at radius 2 is 1.57 bits per heavy atom. The van der Waals surface area contributed by atoms with Gasteiger partial charge in [0.25, 0.3) is 0 Å². The van der Waals surface area contributed by atoms with Crippen LogP contribution in [0.5, 0.6) is 0 Å². The van der Waals surface area contributed by atoms with Gasteiger partial charge in [0, 0.05) is 0 Å². The monoisotopic (exact) mass is 318 g/mol. The van der Waals surface area contributed by atoms with E-state index in [9.17, 15) is 26.0 Å². The van der Waals surface area contributed by atoms with Crippen molar-refractivity contribution in [3.8, 4) is 0 Å². The van der Waals surface area contributed by atoms with E-state index in [0.717, 1.165) is 6.07 Å². The van der Waals surface area contributed by atoms with Gasteiger partial charge in [-0.15, -0.1) is 0 Å². The Bertz CT molecular complexity index is 737. The van der Waals surface area contributed by atoms with E-state index in [1.165, 1.54) is 0 Å². The maximum absolute atomic E-state index is 13.2. The minimum Gasteiger partial charge on any atom is -0.223 e. The molecule has 0 spiro atoms. The van der Waals surface area contributed by atoms with Gasteiger partial charge in [-0.1, -0.05) is 30.3 Å². The Kier molecular flexibility index (Phi) is 4.04. The Hall–Kier alpha value is -1.89. The van der Waals surface area contributed by atoms with Gasteiger partial charge in [0.2, 0.25) is 0 Å². The molecule has 0 N–H and O–H groups in total. The first-order valence-corrected chi connectivity index (χ1v) is 7.49. The zero-order valence-electron chi connectivity index (χ0n) is 10.6. The van der Waals surface area contributed by atoms with Gasteiger partial charge in [-0.3, -0.25) is 0 Å². The highest BCUT2D eigenvalue weighted by Gasteiger charge is 2.35. The average molecular weight is 318 g/mol. The molecule has 2 rings (SSSR count). The summed E-state index contributed by atoms with van der Waals surface area (Å²) in [6, 6.07) is 9.71. The fourth-order valence-corrected chi connectivity index (χ4v) is 3.16. The second-order valence-corrected chi connectivity index (χ2v) is 6.37. The third-order valence-electron chi connectivity index (χ3n) is 2.80. The highest BCUT2D eigenvalue weighted by atomic mass is 32.2. The zero-order valence-corrected chi connectivity index (χ0v) is 11.4. The molecular weight excluding hydrogens is 308 g/mol. The minimum absolute atomic E-state index is 0.327. The molecule has 0 aliphatic carbocycles. The molecule has 0 aromatic heterocycles. The predicted octanol–water partition coefficient (Wildman–Crippen LogP) is 3.82. The molecule has 0 aliphatic heterocycles. The van der Waals surface area contributed by atoms with E-state index in [2.05, 4.69) is 0 Å². The summed E-state index contributed by atoms with van der Waals surface area (Å²) in [7, 11) is -3.98. The highest BCUT2D eigenvalue weighted by Crippen LogP contribution is 2.33. The van der Waals surface area contributed by atoms with Gasteiger partial charge in [-0.05, 0) is 23.8 Å². The molecule has 0 aliphatic rings. The number of hydrogen-bond acceptors (Lipinski definition) is 2. The molecule has 0 radical (unpaired) electrons. The molecule has 0 bridgehead atoms. The molecule has 0 fully saturated rings. The average Bonchev–Trinajstić information content (AvgIpc) is 2.38. The van der Waals surface area contributed by atoms with Gasteiger partial charge in [-0.2, -0.15) is 13.2 Å². The standard InChI is InChI=1S/C14H10F4O2S/c15-13-7-6-11(8-12(13)14(16,17)18)21(19,20)9-10-4-2-1-3-5-10/h1-8H,9H2. The lowest BCUT2D eigenvalue weighted by Crippen LogP contribution is -2.11. The topological polar surface area (TPSA) is 34.1 Å². The first-order valence-electron chi connectivity index (χ1n) is 5.83. The molecule has 0 saturated carbocycles. The highest BCUT2D eigenvalue weighted by molar-refractivity contribution is 7.90. The number of alkyl halides is 3. The van der Waals surface area contributed by atoms with Crippen LogP contribution in [0.15, 0.2) is 53.4 Å². The van der Waals surface area contributed by atoms with Gasteiger partial charge in [0.05, 0.1) is 16.2 Å². The molecule has 2 nitrogen and oxygen atoms in total. The van der Waals surface area contributed by atoms with Crippen LogP contribution in [0.2, 0.25) is 0 Å². The van der Waals surface area contributed by atoms with E-state index >= 15 is 0 Å². The van der Waals surface area contributed by atoms with Gasteiger partial charge in [0.1, 0.15) is 5.82 Å². The summed E-state index contributed by atoms with van der Waals surface area (Å²) < 4.78 is 75.2. The molecule has 112 valence electrons. The first kappa shape index (κ1) is 15.5. The third kappa shape index (κ3) is 3.60. The molecule has 0 atom stereocenters. The minimum atomic E-state index is -4.94. The summed E-state index contributed by atoms with van der Waals surface area (Å²) in [6.45, 7) is 0. The summed E-state index contributed by atoms with van der Waals surface area (Å²) in [5, 5.41) is 0. The van der Waals surface area contributed by atoms with Crippen LogP contribution >= 0.6 is 0 Å². The summed E-state index contributed by atoms with van der Waals surface area (Å²) in [5.41, 5.74) is -1.15. The van der Waals surface area contributed by atoms with Crippen LogP contribution in [0, 0.1) is 5.82 Å². The van der Waals surface area contributed by atoms with E-state index < -0.39 is 38.0 Å². The van der Waals surface area contributed by atoms with E-state index in [4.69, 9.17) is 0 Å². The molecule has 0 amide bonds. The van der Waals surface area contributed by atoms with Crippen LogP contribution < -0.4 is 0 Å². The second-order valence-electron chi connectivity index (χ2n) is 4.38. The number of rotatable bonds is 3. The molecule has 2 aromatic rings. The fourth-order valence-electron chi connectivity index (χ4n) is 1.79. The summed E-state index contributed by atoms with van der Waals surface area (Å²) in [5.74, 6) is -1.95. The van der Waals surface area contributed by atoms with Gasteiger partial charge in [0.15, 0.2) is 9.84 Å². The van der Waals surface area contributed by atoms with E-state index in [1.54, 1.807) is 30.3 Å². The number of benzene rings is 2. The van der Waals surface area contributed by atoms with Crippen molar-refractivity contribution in [2.45, 2.75) is 16.8 Å². The Labute approximate surface area is 119 Å². The maximum atomic E-state index is 13.2. The van der Waals surface area contributed by atoms with Crippen molar-refractivity contribution in [3.63, 3.8) is 0 Å². The lowest BCUT2D eigenvalue weighted by Gasteiger charge is -2.10. The molecule has 0 heterocycles. The summed E-state index contributed by atoms with van der Waals surface area (Å²) in [6.07, 6.45) is -4.94. The molecular formula is C14H10F4O2S. The van der Waals surface area contributed by atoms with E-state index in [0.29, 0.717) is 17.7 Å². The van der Waals surface area contributed by atoms with Gasteiger partial charge < -0.3 is 0 Å². The molecule has 0 saturated heterocycles. The summed E-state index contributed by atoms with van der Waals surface area (Å²) in [4.78, 5) is -0.555. The van der Waals surface area contributed by atoms with Gasteiger partial charge in [-0.25, -0.2) is 12.8 Å². The zero-order chi connectivity index (χ0) is 15.7. The molecule has 21 heavy (non-hydrogen) atoms. The van der Waals surface area contributed by atoms with Crippen molar-refractivity contribution in [1.29, 1.82) is 0 Å². The third-order valence-corrected chi connectivity index (χ3v) is 4.49. The maximum Gasteiger partial charge on any atom is 0.419 e. The van der Waals surface area contributed by atoms with Crippen LogP contribution in [0.25, 0.3) is 0 Å². The fraction of sp³-hybridized carbons (Fsp3) is 0.143. The van der Waals surface area contributed by atoms with E-state index in [1.807, 2.05) is 0 Å². The van der Waals surface area contributed by atoms with E-state index in [-0.39, 0.29) is 0 Å². The lowest BCUT2D eigenvalue weighted by molar-refractivity contribution is -0.140. The van der Waals surface area contributed by atoms with Crippen molar-refractivity contribution in [2.24, 2.45) is 0 Å². The predicted molar refractivity (Wildman–Crippen MR) is 68.7 cm³/mol. The smallest absolute Gasteiger partial charge is 0.223 e. The largest absolute Gasteiger partial charge is 0.419 e.